The average Bonchev–Trinajstić information content (AvgIpc) is 2.38. The van der Waals surface area contributed by atoms with Gasteiger partial charge in [-0.1, -0.05) is 33.1 Å². The highest BCUT2D eigenvalue weighted by Crippen LogP contribution is 2.28. The van der Waals surface area contributed by atoms with Crippen LogP contribution < -0.4 is 0 Å². The van der Waals surface area contributed by atoms with Crippen LogP contribution in [0.1, 0.15) is 20.3 Å². The maximum Gasteiger partial charge on any atom is 0.125 e. The molecule has 0 spiro atoms. The minimum absolute atomic E-state index is 0.465. The molecule has 0 N–H and O–H groups in total. The molecule has 1 aliphatic heterocycles. The van der Waals surface area contributed by atoms with E-state index >= 15 is 0 Å². The van der Waals surface area contributed by atoms with Crippen molar-refractivity contribution in [2.45, 2.75) is 20.3 Å². The summed E-state index contributed by atoms with van der Waals surface area (Å²) in [4.78, 5) is 0. The number of ether oxygens (including phenoxy) is 1. The first kappa shape index (κ1) is 9.11. The molecule has 1 saturated heterocycles. The van der Waals surface area contributed by atoms with Crippen LogP contribution in [0, 0.1) is 5.92 Å². The zero-order chi connectivity index (χ0) is 9.14. The van der Waals surface area contributed by atoms with Crippen LogP contribution in [0.25, 0.3) is 0 Å². The molecule has 1 rings (SSSR count). The van der Waals surface area contributed by atoms with Gasteiger partial charge in [-0.2, -0.15) is 0 Å². The van der Waals surface area contributed by atoms with Crippen molar-refractivity contribution in [1.82, 2.24) is 0 Å². The maximum absolute atomic E-state index is 5.49. The molecule has 0 aromatic carbocycles. The summed E-state index contributed by atoms with van der Waals surface area (Å²) in [5.41, 5.74) is 2.29. The van der Waals surface area contributed by atoms with Gasteiger partial charge in [0.2, 0.25) is 0 Å². The van der Waals surface area contributed by atoms with Crippen LogP contribution in [0.4, 0.5) is 0 Å². The van der Waals surface area contributed by atoms with Crippen LogP contribution in [-0.4, -0.2) is 6.61 Å². The lowest BCUT2D eigenvalue weighted by Gasteiger charge is -2.10. The first-order valence-electron chi connectivity index (χ1n) is 4.34. The Morgan fingerprint density at radius 2 is 2.25 bits per heavy atom. The molecule has 0 bridgehead atoms. The van der Waals surface area contributed by atoms with Crippen molar-refractivity contribution in [2.75, 3.05) is 6.61 Å². The van der Waals surface area contributed by atoms with Crippen LogP contribution in [0.3, 0.4) is 0 Å². The van der Waals surface area contributed by atoms with Crippen molar-refractivity contribution in [3.63, 3.8) is 0 Å². The van der Waals surface area contributed by atoms with Gasteiger partial charge in [0.15, 0.2) is 0 Å². The first-order valence-corrected chi connectivity index (χ1v) is 4.34. The van der Waals surface area contributed by atoms with Crippen molar-refractivity contribution < 1.29 is 4.74 Å². The third-order valence-electron chi connectivity index (χ3n) is 2.08. The van der Waals surface area contributed by atoms with Gasteiger partial charge < -0.3 is 4.74 Å². The van der Waals surface area contributed by atoms with E-state index in [1.165, 1.54) is 5.57 Å². The summed E-state index contributed by atoms with van der Waals surface area (Å²) in [6.45, 7) is 12.8. The molecule has 1 nitrogen and oxygen atoms in total. The molecule has 0 radical (unpaired) electrons. The van der Waals surface area contributed by atoms with Crippen LogP contribution >= 0.6 is 0 Å². The zero-order valence-corrected chi connectivity index (χ0v) is 7.89. The summed E-state index contributed by atoms with van der Waals surface area (Å²) >= 11 is 0. The third kappa shape index (κ3) is 1.60. The second-order valence-corrected chi connectivity index (χ2v) is 3.35. The van der Waals surface area contributed by atoms with Gasteiger partial charge in [0.1, 0.15) is 5.76 Å². The predicted octanol–water partition coefficient (Wildman–Crippen LogP) is 3.06. The maximum atomic E-state index is 5.49. The number of hydrogen-bond acceptors (Lipinski definition) is 1. The van der Waals surface area contributed by atoms with Gasteiger partial charge >= 0.3 is 0 Å². The fourth-order valence-electron chi connectivity index (χ4n) is 1.37. The number of hydrogen-bond donors (Lipinski definition) is 0. The Labute approximate surface area is 74.4 Å². The quantitative estimate of drug-likeness (QED) is 0.609. The average molecular weight is 164 g/mol. The smallest absolute Gasteiger partial charge is 0.125 e. The van der Waals surface area contributed by atoms with E-state index in [9.17, 15) is 0 Å². The molecule has 0 atom stereocenters. The van der Waals surface area contributed by atoms with Crippen molar-refractivity contribution in [3.05, 3.63) is 36.1 Å². The zero-order valence-electron chi connectivity index (χ0n) is 7.89. The van der Waals surface area contributed by atoms with Gasteiger partial charge in [-0.3, -0.25) is 0 Å². The fraction of sp³-hybridized carbons (Fsp3) is 0.455. The lowest BCUT2D eigenvalue weighted by molar-refractivity contribution is 0.260. The number of rotatable bonds is 2. The second kappa shape index (κ2) is 3.61. The van der Waals surface area contributed by atoms with Gasteiger partial charge in [-0.15, -0.1) is 0 Å². The normalized spacial score (nSPS) is 21.1. The minimum atomic E-state index is 0.465. The van der Waals surface area contributed by atoms with Crippen LogP contribution in [0.5, 0.6) is 0 Å². The molecule has 0 aromatic rings. The van der Waals surface area contributed by atoms with E-state index in [1.54, 1.807) is 0 Å². The summed E-state index contributed by atoms with van der Waals surface area (Å²) in [5.74, 6) is 1.44. The molecule has 0 unspecified atom stereocenters. The van der Waals surface area contributed by atoms with Gasteiger partial charge in [0.25, 0.3) is 0 Å². The van der Waals surface area contributed by atoms with Gasteiger partial charge in [0, 0.05) is 6.42 Å². The number of allylic oxidation sites excluding steroid dienone is 3. The molecule has 0 aliphatic carbocycles. The SMILES string of the molecule is C=C/C(=C1/OCCC1=C)C(C)C. The minimum Gasteiger partial charge on any atom is -0.493 e. The molecule has 12 heavy (non-hydrogen) atoms. The fourth-order valence-corrected chi connectivity index (χ4v) is 1.37. The van der Waals surface area contributed by atoms with Crippen molar-refractivity contribution >= 4 is 0 Å². The summed E-state index contributed by atoms with van der Waals surface area (Å²) in [6, 6.07) is 0. The molecule has 1 aliphatic rings. The Morgan fingerprint density at radius 1 is 1.58 bits per heavy atom. The van der Waals surface area contributed by atoms with E-state index in [0.29, 0.717) is 5.92 Å². The molecule has 1 fully saturated rings. The van der Waals surface area contributed by atoms with Gasteiger partial charge in [0.05, 0.1) is 6.61 Å². The summed E-state index contributed by atoms with van der Waals surface area (Å²) in [7, 11) is 0. The van der Waals surface area contributed by atoms with Crippen LogP contribution in [0.2, 0.25) is 0 Å². The highest BCUT2D eigenvalue weighted by molar-refractivity contribution is 5.36. The van der Waals surface area contributed by atoms with Crippen molar-refractivity contribution in [1.29, 1.82) is 0 Å². The molecular weight excluding hydrogens is 148 g/mol. The Hall–Kier alpha value is -0.980. The van der Waals surface area contributed by atoms with Crippen LogP contribution in [-0.2, 0) is 4.74 Å². The van der Waals surface area contributed by atoms with Gasteiger partial charge in [-0.05, 0) is 17.1 Å². The summed E-state index contributed by atoms with van der Waals surface area (Å²) in [6.07, 6.45) is 2.83. The van der Waals surface area contributed by atoms with E-state index in [2.05, 4.69) is 27.0 Å². The van der Waals surface area contributed by atoms with E-state index in [1.807, 2.05) is 6.08 Å². The Kier molecular flexibility index (Phi) is 2.74. The molecule has 0 amide bonds. The summed E-state index contributed by atoms with van der Waals surface area (Å²) in [5, 5.41) is 0. The van der Waals surface area contributed by atoms with E-state index < -0.39 is 0 Å². The third-order valence-corrected chi connectivity index (χ3v) is 2.08. The van der Waals surface area contributed by atoms with E-state index in [0.717, 1.165) is 24.4 Å². The van der Waals surface area contributed by atoms with Crippen molar-refractivity contribution in [3.8, 4) is 0 Å². The topological polar surface area (TPSA) is 9.23 Å². The van der Waals surface area contributed by atoms with E-state index in [4.69, 9.17) is 4.74 Å². The second-order valence-electron chi connectivity index (χ2n) is 3.35. The van der Waals surface area contributed by atoms with Crippen molar-refractivity contribution in [2.24, 2.45) is 5.92 Å². The van der Waals surface area contributed by atoms with Gasteiger partial charge in [-0.25, -0.2) is 0 Å². The predicted molar refractivity (Wildman–Crippen MR) is 51.8 cm³/mol. The largest absolute Gasteiger partial charge is 0.493 e. The highest BCUT2D eigenvalue weighted by Gasteiger charge is 2.17. The molecule has 1 heterocycles. The molecule has 66 valence electrons. The highest BCUT2D eigenvalue weighted by atomic mass is 16.5. The van der Waals surface area contributed by atoms with Crippen LogP contribution in [0.15, 0.2) is 36.1 Å². The Bertz CT molecular complexity index is 233. The Balaban J connectivity index is 2.99. The van der Waals surface area contributed by atoms with E-state index in [-0.39, 0.29) is 0 Å². The lowest BCUT2D eigenvalue weighted by Crippen LogP contribution is -1.96. The summed E-state index contributed by atoms with van der Waals surface area (Å²) < 4.78 is 5.49. The molecule has 0 aromatic heterocycles. The monoisotopic (exact) mass is 164 g/mol. The lowest BCUT2D eigenvalue weighted by atomic mass is 9.99. The molecule has 0 saturated carbocycles. The molecule has 1 heteroatoms. The Morgan fingerprint density at radius 3 is 2.58 bits per heavy atom. The molecular formula is C11H16O. The standard InChI is InChI=1S/C11H16O/c1-5-10(8(2)3)11-9(4)6-7-12-11/h5,8H,1,4,6-7H2,2-3H3/b11-10-. The first-order chi connectivity index (χ1) is 5.66.